The molecule has 0 heterocycles. The number of rotatable bonds is 5. The van der Waals surface area contributed by atoms with E-state index in [0.29, 0.717) is 12.6 Å². The van der Waals surface area contributed by atoms with Gasteiger partial charge in [0.05, 0.1) is 0 Å². The summed E-state index contributed by atoms with van der Waals surface area (Å²) in [6.07, 6.45) is -0.164. The Kier molecular flexibility index (Phi) is 4.68. The molecule has 1 atom stereocenters. The normalized spacial score (nSPS) is 12.9. The number of benzene rings is 1. The van der Waals surface area contributed by atoms with Crippen LogP contribution >= 0.6 is 0 Å². The number of nitrogens with one attached hydrogen (secondary N) is 1. The van der Waals surface area contributed by atoms with E-state index in [2.05, 4.69) is 5.32 Å². The Balaban J connectivity index is 2.52. The van der Waals surface area contributed by atoms with Gasteiger partial charge in [-0.25, -0.2) is 8.78 Å². The first-order valence-electron chi connectivity index (χ1n) is 5.34. The fraction of sp³-hybridized carbons (Fsp3) is 0.500. The molecule has 1 aromatic rings. The molecule has 0 amide bonds. The van der Waals surface area contributed by atoms with Crippen molar-refractivity contribution in [2.45, 2.75) is 32.9 Å². The summed E-state index contributed by atoms with van der Waals surface area (Å²) in [6.45, 7) is 6.49. The van der Waals surface area contributed by atoms with Crippen molar-refractivity contribution in [3.8, 4) is 5.75 Å². The van der Waals surface area contributed by atoms with Gasteiger partial charge in [0.15, 0.2) is 11.6 Å². The number of hydrogen-bond acceptors (Lipinski definition) is 2. The van der Waals surface area contributed by atoms with Crippen LogP contribution in [0, 0.1) is 11.6 Å². The van der Waals surface area contributed by atoms with Gasteiger partial charge in [-0.15, -0.1) is 0 Å². The fourth-order valence-corrected chi connectivity index (χ4v) is 1.23. The van der Waals surface area contributed by atoms with Crippen LogP contribution in [0.5, 0.6) is 5.75 Å². The standard InChI is InChI=1S/C12H17F2NO/c1-8(2)15-7-9(3)16-12-5-4-10(13)6-11(12)14/h4-6,8-9,15H,7H2,1-3H3. The van der Waals surface area contributed by atoms with Crippen LogP contribution in [0.15, 0.2) is 18.2 Å². The third kappa shape index (κ3) is 4.14. The molecule has 0 saturated carbocycles. The number of halogens is 2. The lowest BCUT2D eigenvalue weighted by Gasteiger charge is -2.17. The van der Waals surface area contributed by atoms with Crippen molar-refractivity contribution >= 4 is 0 Å². The van der Waals surface area contributed by atoms with Crippen molar-refractivity contribution in [3.63, 3.8) is 0 Å². The summed E-state index contributed by atoms with van der Waals surface area (Å²) in [7, 11) is 0. The Hall–Kier alpha value is -1.16. The van der Waals surface area contributed by atoms with Crippen molar-refractivity contribution in [1.29, 1.82) is 0 Å². The summed E-state index contributed by atoms with van der Waals surface area (Å²) in [5.74, 6) is -1.19. The molecule has 1 unspecified atom stereocenters. The van der Waals surface area contributed by atoms with Crippen LogP contribution in [0.4, 0.5) is 8.78 Å². The minimum Gasteiger partial charge on any atom is -0.486 e. The van der Waals surface area contributed by atoms with Crippen molar-refractivity contribution in [2.75, 3.05) is 6.54 Å². The van der Waals surface area contributed by atoms with Gasteiger partial charge in [0.25, 0.3) is 0 Å². The lowest BCUT2D eigenvalue weighted by molar-refractivity contribution is 0.204. The van der Waals surface area contributed by atoms with E-state index < -0.39 is 11.6 Å². The molecule has 1 rings (SSSR count). The summed E-state index contributed by atoms with van der Waals surface area (Å²) < 4.78 is 31.2. The van der Waals surface area contributed by atoms with Crippen LogP contribution in [0.25, 0.3) is 0 Å². The second-order valence-corrected chi connectivity index (χ2v) is 4.07. The molecule has 0 fully saturated rings. The Morgan fingerprint density at radius 2 is 1.94 bits per heavy atom. The van der Waals surface area contributed by atoms with Gasteiger partial charge in [-0.2, -0.15) is 0 Å². The number of ether oxygens (including phenoxy) is 1. The molecule has 1 N–H and O–H groups in total. The molecular formula is C12H17F2NO. The molecule has 2 nitrogen and oxygen atoms in total. The molecule has 0 spiro atoms. The van der Waals surface area contributed by atoms with Gasteiger partial charge in [-0.05, 0) is 19.1 Å². The molecule has 0 aliphatic carbocycles. The van der Waals surface area contributed by atoms with Crippen molar-refractivity contribution in [3.05, 3.63) is 29.8 Å². The van der Waals surface area contributed by atoms with Crippen LogP contribution in [-0.2, 0) is 0 Å². The second kappa shape index (κ2) is 5.80. The van der Waals surface area contributed by atoms with E-state index in [4.69, 9.17) is 4.74 Å². The molecule has 4 heteroatoms. The molecule has 0 saturated heterocycles. The zero-order valence-electron chi connectivity index (χ0n) is 9.76. The molecule has 1 aromatic carbocycles. The molecule has 90 valence electrons. The van der Waals surface area contributed by atoms with Crippen LogP contribution in [0.3, 0.4) is 0 Å². The monoisotopic (exact) mass is 229 g/mol. The van der Waals surface area contributed by atoms with E-state index in [1.165, 1.54) is 12.1 Å². The summed E-state index contributed by atoms with van der Waals surface area (Å²) in [6, 6.07) is 3.65. The van der Waals surface area contributed by atoms with Gasteiger partial charge < -0.3 is 10.1 Å². The predicted octanol–water partition coefficient (Wildman–Crippen LogP) is 2.73. The molecule has 0 aromatic heterocycles. The second-order valence-electron chi connectivity index (χ2n) is 4.07. The maximum atomic E-state index is 13.2. The highest BCUT2D eigenvalue weighted by atomic mass is 19.1. The number of hydrogen-bond donors (Lipinski definition) is 1. The first-order chi connectivity index (χ1) is 7.49. The van der Waals surface area contributed by atoms with E-state index in [9.17, 15) is 8.78 Å². The average Bonchev–Trinajstić information content (AvgIpc) is 2.19. The molecule has 16 heavy (non-hydrogen) atoms. The van der Waals surface area contributed by atoms with Gasteiger partial charge >= 0.3 is 0 Å². The molecule has 0 radical (unpaired) electrons. The summed E-state index contributed by atoms with van der Waals surface area (Å²) in [5, 5.41) is 3.17. The predicted molar refractivity (Wildman–Crippen MR) is 59.6 cm³/mol. The van der Waals surface area contributed by atoms with E-state index in [-0.39, 0.29) is 11.9 Å². The van der Waals surface area contributed by atoms with Gasteiger partial charge in [-0.3, -0.25) is 0 Å². The van der Waals surface area contributed by atoms with Crippen LogP contribution in [0.1, 0.15) is 20.8 Å². The highest BCUT2D eigenvalue weighted by molar-refractivity contribution is 5.24. The molecule has 0 aliphatic heterocycles. The fourth-order valence-electron chi connectivity index (χ4n) is 1.23. The van der Waals surface area contributed by atoms with Gasteiger partial charge in [-0.1, -0.05) is 13.8 Å². The van der Waals surface area contributed by atoms with E-state index in [1.54, 1.807) is 0 Å². The zero-order valence-corrected chi connectivity index (χ0v) is 9.76. The van der Waals surface area contributed by atoms with E-state index in [1.807, 2.05) is 20.8 Å². The highest BCUT2D eigenvalue weighted by Crippen LogP contribution is 2.18. The van der Waals surface area contributed by atoms with Crippen molar-refractivity contribution in [2.24, 2.45) is 0 Å². The molecular weight excluding hydrogens is 212 g/mol. The Labute approximate surface area is 94.6 Å². The first-order valence-corrected chi connectivity index (χ1v) is 5.34. The third-order valence-corrected chi connectivity index (χ3v) is 2.04. The SMILES string of the molecule is CC(C)NCC(C)Oc1ccc(F)cc1F. The highest BCUT2D eigenvalue weighted by Gasteiger charge is 2.09. The summed E-state index contributed by atoms with van der Waals surface area (Å²) in [4.78, 5) is 0. The minimum absolute atomic E-state index is 0.0828. The third-order valence-electron chi connectivity index (χ3n) is 2.04. The summed E-state index contributed by atoms with van der Waals surface area (Å²) >= 11 is 0. The maximum Gasteiger partial charge on any atom is 0.167 e. The van der Waals surface area contributed by atoms with Crippen LogP contribution in [0.2, 0.25) is 0 Å². The summed E-state index contributed by atoms with van der Waals surface area (Å²) in [5.41, 5.74) is 0. The largest absolute Gasteiger partial charge is 0.486 e. The topological polar surface area (TPSA) is 21.3 Å². The lowest BCUT2D eigenvalue weighted by Crippen LogP contribution is -2.33. The Bertz CT molecular complexity index is 342. The first kappa shape index (κ1) is 12.9. The molecule has 0 bridgehead atoms. The Morgan fingerprint density at radius 3 is 2.50 bits per heavy atom. The Morgan fingerprint density at radius 1 is 1.25 bits per heavy atom. The minimum atomic E-state index is -0.670. The van der Waals surface area contributed by atoms with Gasteiger partial charge in [0, 0.05) is 18.7 Å². The zero-order chi connectivity index (χ0) is 12.1. The van der Waals surface area contributed by atoms with Crippen LogP contribution < -0.4 is 10.1 Å². The van der Waals surface area contributed by atoms with E-state index >= 15 is 0 Å². The van der Waals surface area contributed by atoms with Crippen molar-refractivity contribution in [1.82, 2.24) is 5.32 Å². The van der Waals surface area contributed by atoms with Gasteiger partial charge in [0.2, 0.25) is 0 Å². The molecule has 0 aliphatic rings. The quantitative estimate of drug-likeness (QED) is 0.838. The van der Waals surface area contributed by atoms with Crippen LogP contribution in [-0.4, -0.2) is 18.7 Å². The average molecular weight is 229 g/mol. The smallest absolute Gasteiger partial charge is 0.167 e. The maximum absolute atomic E-state index is 13.2. The van der Waals surface area contributed by atoms with Crippen molar-refractivity contribution < 1.29 is 13.5 Å². The lowest BCUT2D eigenvalue weighted by atomic mass is 10.3. The van der Waals surface area contributed by atoms with Gasteiger partial charge in [0.1, 0.15) is 11.9 Å². The van der Waals surface area contributed by atoms with E-state index in [0.717, 1.165) is 6.07 Å².